The monoisotopic (exact) mass is 322 g/mol. The number of para-hydroxylation sites is 1. The minimum absolute atomic E-state index is 0.119. The summed E-state index contributed by atoms with van der Waals surface area (Å²) in [5.74, 6) is -0.389. The lowest BCUT2D eigenvalue weighted by Crippen LogP contribution is -2.23. The van der Waals surface area contributed by atoms with Gasteiger partial charge in [0.2, 0.25) is 0 Å². The van der Waals surface area contributed by atoms with E-state index in [-0.39, 0.29) is 24.7 Å². The lowest BCUT2D eigenvalue weighted by atomic mass is 10.1. The number of carbonyl (C=O) groups is 1. The average molecular weight is 322 g/mol. The Balaban J connectivity index is 1.64. The highest BCUT2D eigenvalue weighted by atomic mass is 16.5. The van der Waals surface area contributed by atoms with Gasteiger partial charge in [-0.15, -0.1) is 0 Å². The zero-order valence-electron chi connectivity index (χ0n) is 13.4. The summed E-state index contributed by atoms with van der Waals surface area (Å²) >= 11 is 0. The second-order valence-electron chi connectivity index (χ2n) is 5.45. The molecular formula is C19H18N2O3. The van der Waals surface area contributed by atoms with Crippen molar-refractivity contribution in [2.24, 2.45) is 0 Å². The highest BCUT2D eigenvalue weighted by Gasteiger charge is 2.08. The Labute approximate surface area is 139 Å². The summed E-state index contributed by atoms with van der Waals surface area (Å²) in [5, 5.41) is 0.557. The Bertz CT molecular complexity index is 914. The maximum Gasteiger partial charge on any atom is 0.338 e. The molecule has 0 radical (unpaired) electrons. The van der Waals surface area contributed by atoms with Crippen LogP contribution in [0, 0.1) is 0 Å². The van der Waals surface area contributed by atoms with Crippen LogP contribution in [-0.2, 0) is 17.7 Å². The van der Waals surface area contributed by atoms with Crippen LogP contribution in [0.15, 0.2) is 59.7 Å². The van der Waals surface area contributed by atoms with E-state index >= 15 is 0 Å². The molecule has 3 aromatic rings. The third-order valence-corrected chi connectivity index (χ3v) is 3.89. The van der Waals surface area contributed by atoms with Crippen molar-refractivity contribution in [3.8, 4) is 0 Å². The number of rotatable bonds is 5. The van der Waals surface area contributed by atoms with Crippen LogP contribution in [0.4, 0.5) is 0 Å². The molecule has 0 aliphatic rings. The Morgan fingerprint density at radius 3 is 2.62 bits per heavy atom. The molecular weight excluding hydrogens is 304 g/mol. The van der Waals surface area contributed by atoms with Gasteiger partial charge in [-0.1, -0.05) is 31.2 Å². The Kier molecular flexibility index (Phi) is 4.70. The normalized spacial score (nSPS) is 10.7. The van der Waals surface area contributed by atoms with E-state index in [9.17, 15) is 9.59 Å². The van der Waals surface area contributed by atoms with Crippen molar-refractivity contribution in [1.82, 2.24) is 9.55 Å². The fourth-order valence-electron chi connectivity index (χ4n) is 2.46. The van der Waals surface area contributed by atoms with E-state index in [0.29, 0.717) is 16.5 Å². The van der Waals surface area contributed by atoms with E-state index in [1.165, 1.54) is 16.5 Å². The smallest absolute Gasteiger partial charge is 0.338 e. The van der Waals surface area contributed by atoms with Crippen LogP contribution in [0.25, 0.3) is 10.9 Å². The highest BCUT2D eigenvalue weighted by Crippen LogP contribution is 2.07. The number of nitrogens with zero attached hydrogens (tertiary/aromatic N) is 2. The molecule has 5 nitrogen and oxygen atoms in total. The van der Waals surface area contributed by atoms with Crippen molar-refractivity contribution in [1.29, 1.82) is 0 Å². The molecule has 122 valence electrons. The first-order valence-electron chi connectivity index (χ1n) is 7.89. The summed E-state index contributed by atoms with van der Waals surface area (Å²) in [6, 6.07) is 14.5. The minimum Gasteiger partial charge on any atom is -0.460 e. The summed E-state index contributed by atoms with van der Waals surface area (Å²) < 4.78 is 6.70. The molecule has 0 aliphatic carbocycles. The van der Waals surface area contributed by atoms with Gasteiger partial charge < -0.3 is 4.74 Å². The van der Waals surface area contributed by atoms with Crippen molar-refractivity contribution < 1.29 is 9.53 Å². The first kappa shape index (κ1) is 15.9. The summed E-state index contributed by atoms with van der Waals surface area (Å²) in [4.78, 5) is 28.6. The summed E-state index contributed by atoms with van der Waals surface area (Å²) in [7, 11) is 0. The number of hydrogen-bond donors (Lipinski definition) is 0. The van der Waals surface area contributed by atoms with Gasteiger partial charge in [0.05, 0.1) is 29.3 Å². The molecule has 2 aromatic carbocycles. The lowest BCUT2D eigenvalue weighted by Gasteiger charge is -2.08. The fraction of sp³-hybridized carbons (Fsp3) is 0.211. The van der Waals surface area contributed by atoms with Crippen LogP contribution in [0.1, 0.15) is 22.8 Å². The molecule has 0 N–H and O–H groups in total. The predicted molar refractivity (Wildman–Crippen MR) is 92.1 cm³/mol. The van der Waals surface area contributed by atoms with Crippen LogP contribution in [0.5, 0.6) is 0 Å². The van der Waals surface area contributed by atoms with Gasteiger partial charge in [0.1, 0.15) is 6.61 Å². The quantitative estimate of drug-likeness (QED) is 0.678. The van der Waals surface area contributed by atoms with Crippen molar-refractivity contribution in [3.63, 3.8) is 0 Å². The Morgan fingerprint density at radius 2 is 1.88 bits per heavy atom. The summed E-state index contributed by atoms with van der Waals surface area (Å²) in [5.41, 5.74) is 2.20. The van der Waals surface area contributed by atoms with Gasteiger partial charge in [-0.3, -0.25) is 9.36 Å². The van der Waals surface area contributed by atoms with Gasteiger partial charge >= 0.3 is 5.97 Å². The summed E-state index contributed by atoms with van der Waals surface area (Å²) in [6.07, 6.45) is 2.40. The van der Waals surface area contributed by atoms with Gasteiger partial charge in [0, 0.05) is 0 Å². The zero-order chi connectivity index (χ0) is 16.9. The molecule has 0 saturated carbocycles. The molecule has 0 amide bonds. The van der Waals surface area contributed by atoms with Crippen LogP contribution in [0.2, 0.25) is 0 Å². The molecule has 0 aliphatic heterocycles. The molecule has 1 heterocycles. The molecule has 0 saturated heterocycles. The first-order valence-corrected chi connectivity index (χ1v) is 7.89. The zero-order valence-corrected chi connectivity index (χ0v) is 13.4. The van der Waals surface area contributed by atoms with E-state index in [0.717, 1.165) is 6.42 Å². The largest absolute Gasteiger partial charge is 0.460 e. The Morgan fingerprint density at radius 1 is 1.12 bits per heavy atom. The van der Waals surface area contributed by atoms with Gasteiger partial charge in [0.15, 0.2) is 0 Å². The average Bonchev–Trinajstić information content (AvgIpc) is 2.64. The number of ether oxygens (including phenoxy) is 1. The SMILES string of the molecule is CCc1ccc(C(=O)OCCn2cnc3ccccc3c2=O)cc1. The maximum atomic E-state index is 12.3. The Hall–Kier alpha value is -2.95. The van der Waals surface area contributed by atoms with Crippen molar-refractivity contribution in [3.05, 3.63) is 76.3 Å². The third kappa shape index (κ3) is 3.35. The molecule has 1 aromatic heterocycles. The number of aromatic nitrogens is 2. The van der Waals surface area contributed by atoms with Crippen molar-refractivity contribution >= 4 is 16.9 Å². The maximum absolute atomic E-state index is 12.3. The van der Waals surface area contributed by atoms with Gasteiger partial charge in [-0.2, -0.15) is 0 Å². The molecule has 0 unspecified atom stereocenters. The number of carbonyl (C=O) groups excluding carboxylic acids is 1. The molecule has 0 bridgehead atoms. The second-order valence-corrected chi connectivity index (χ2v) is 5.45. The van der Waals surface area contributed by atoms with Crippen molar-refractivity contribution in [2.75, 3.05) is 6.61 Å². The van der Waals surface area contributed by atoms with Crippen LogP contribution in [0.3, 0.4) is 0 Å². The first-order chi connectivity index (χ1) is 11.7. The standard InChI is InChI=1S/C19H18N2O3/c1-2-14-7-9-15(10-8-14)19(23)24-12-11-21-13-20-17-6-4-3-5-16(17)18(21)22/h3-10,13H,2,11-12H2,1H3. The van der Waals surface area contributed by atoms with Crippen LogP contribution in [-0.4, -0.2) is 22.1 Å². The van der Waals surface area contributed by atoms with E-state index in [1.807, 2.05) is 18.2 Å². The molecule has 0 fully saturated rings. The third-order valence-electron chi connectivity index (χ3n) is 3.89. The topological polar surface area (TPSA) is 61.2 Å². The highest BCUT2D eigenvalue weighted by molar-refractivity contribution is 5.89. The lowest BCUT2D eigenvalue weighted by molar-refractivity contribution is 0.0490. The van der Waals surface area contributed by atoms with E-state index in [2.05, 4.69) is 11.9 Å². The van der Waals surface area contributed by atoms with Crippen LogP contribution >= 0.6 is 0 Å². The number of fused-ring (bicyclic) bond motifs is 1. The van der Waals surface area contributed by atoms with E-state index in [4.69, 9.17) is 4.74 Å². The number of aryl methyl sites for hydroxylation is 1. The van der Waals surface area contributed by atoms with E-state index < -0.39 is 0 Å². The van der Waals surface area contributed by atoms with Gasteiger partial charge in [-0.05, 0) is 36.2 Å². The van der Waals surface area contributed by atoms with Gasteiger partial charge in [0.25, 0.3) is 5.56 Å². The molecule has 3 rings (SSSR count). The van der Waals surface area contributed by atoms with Crippen LogP contribution < -0.4 is 5.56 Å². The number of hydrogen-bond acceptors (Lipinski definition) is 4. The summed E-state index contributed by atoms with van der Waals surface area (Å²) in [6.45, 7) is 2.45. The number of esters is 1. The predicted octanol–water partition coefficient (Wildman–Crippen LogP) is 2.82. The fourth-order valence-corrected chi connectivity index (χ4v) is 2.46. The second kappa shape index (κ2) is 7.08. The molecule has 0 atom stereocenters. The van der Waals surface area contributed by atoms with Crippen molar-refractivity contribution in [2.45, 2.75) is 19.9 Å². The van der Waals surface area contributed by atoms with Gasteiger partial charge in [-0.25, -0.2) is 9.78 Å². The van der Waals surface area contributed by atoms with E-state index in [1.54, 1.807) is 30.3 Å². The molecule has 0 spiro atoms. The molecule has 24 heavy (non-hydrogen) atoms. The number of benzene rings is 2. The molecule has 5 heteroatoms. The minimum atomic E-state index is -0.389.